The molecule has 0 N–H and O–H groups in total. The van der Waals surface area contributed by atoms with Crippen molar-refractivity contribution in [2.45, 2.75) is 18.4 Å². The van der Waals surface area contributed by atoms with E-state index in [1.54, 1.807) is 12.1 Å². The van der Waals surface area contributed by atoms with Crippen LogP contribution < -0.4 is 5.63 Å². The molecule has 0 radical (unpaired) electrons. The predicted molar refractivity (Wildman–Crippen MR) is 95.9 cm³/mol. The van der Waals surface area contributed by atoms with Crippen molar-refractivity contribution in [2.24, 2.45) is 0 Å². The number of carbonyl (C=O) groups excluding carboxylic acids is 1. The van der Waals surface area contributed by atoms with Crippen LogP contribution in [0.2, 0.25) is 0 Å². The molecule has 1 heterocycles. The second-order valence-corrected chi connectivity index (χ2v) is 7.98. The van der Waals surface area contributed by atoms with Gasteiger partial charge in [0.25, 0.3) is 0 Å². The smallest absolute Gasteiger partial charge is 0.338 e. The first kappa shape index (κ1) is 17.9. The zero-order chi connectivity index (χ0) is 18.9. The number of ether oxygens (including phenoxy) is 1. The summed E-state index contributed by atoms with van der Waals surface area (Å²) < 4.78 is 33.6. The number of hydrogen-bond donors (Lipinski definition) is 0. The summed E-state index contributed by atoms with van der Waals surface area (Å²) >= 11 is 0. The van der Waals surface area contributed by atoms with Crippen molar-refractivity contribution in [1.29, 1.82) is 0 Å². The molecule has 0 unspecified atom stereocenters. The van der Waals surface area contributed by atoms with Gasteiger partial charge in [0.2, 0.25) is 0 Å². The second-order valence-electron chi connectivity index (χ2n) is 5.97. The Morgan fingerprint density at radius 2 is 1.88 bits per heavy atom. The lowest BCUT2D eigenvalue weighted by Crippen LogP contribution is -2.09. The number of rotatable bonds is 4. The molecule has 6 nitrogen and oxygen atoms in total. The van der Waals surface area contributed by atoms with Gasteiger partial charge in [-0.2, -0.15) is 0 Å². The average Bonchev–Trinajstić information content (AvgIpc) is 2.58. The highest BCUT2D eigenvalue weighted by Gasteiger charge is 2.14. The Balaban J connectivity index is 1.87. The molecule has 0 atom stereocenters. The van der Waals surface area contributed by atoms with E-state index in [1.165, 1.54) is 30.3 Å². The minimum absolute atomic E-state index is 0.0354. The van der Waals surface area contributed by atoms with Crippen LogP contribution in [0.15, 0.2) is 62.6 Å². The Morgan fingerprint density at radius 1 is 1.12 bits per heavy atom. The standard InChI is InChI=1S/C19H16O6S/c1-12-6-7-16-14(10-18(20)25-17(16)8-12)11-24-19(21)13-4-3-5-15(9-13)26(2,22)23/h3-10H,11H2,1-2H3. The molecule has 0 aliphatic carbocycles. The van der Waals surface area contributed by atoms with Crippen LogP contribution in [0.3, 0.4) is 0 Å². The van der Waals surface area contributed by atoms with E-state index < -0.39 is 21.4 Å². The van der Waals surface area contributed by atoms with Gasteiger partial charge in [-0.3, -0.25) is 0 Å². The van der Waals surface area contributed by atoms with Crippen molar-refractivity contribution < 1.29 is 22.4 Å². The predicted octanol–water partition coefficient (Wildman–Crippen LogP) is 2.86. The summed E-state index contributed by atoms with van der Waals surface area (Å²) in [6, 6.07) is 12.3. The lowest BCUT2D eigenvalue weighted by Gasteiger charge is -2.08. The van der Waals surface area contributed by atoms with E-state index in [-0.39, 0.29) is 17.1 Å². The van der Waals surface area contributed by atoms with Gasteiger partial charge in [-0.1, -0.05) is 18.2 Å². The fourth-order valence-electron chi connectivity index (χ4n) is 2.54. The quantitative estimate of drug-likeness (QED) is 0.517. The van der Waals surface area contributed by atoms with Crippen LogP contribution in [0.1, 0.15) is 21.5 Å². The molecule has 26 heavy (non-hydrogen) atoms. The molecule has 0 bridgehead atoms. The van der Waals surface area contributed by atoms with Crippen LogP contribution in [-0.2, 0) is 21.2 Å². The third-order valence-corrected chi connectivity index (χ3v) is 4.95. The molecule has 2 aromatic carbocycles. The van der Waals surface area contributed by atoms with E-state index in [1.807, 2.05) is 13.0 Å². The SMILES string of the molecule is Cc1ccc2c(COC(=O)c3cccc(S(C)(=O)=O)c3)cc(=O)oc2c1. The monoisotopic (exact) mass is 372 g/mol. The Bertz CT molecular complexity index is 1160. The van der Waals surface area contributed by atoms with Crippen LogP contribution in [0.25, 0.3) is 11.0 Å². The van der Waals surface area contributed by atoms with Crippen molar-refractivity contribution in [3.8, 4) is 0 Å². The lowest BCUT2D eigenvalue weighted by molar-refractivity contribution is 0.0473. The summed E-state index contributed by atoms with van der Waals surface area (Å²) in [4.78, 5) is 24.0. The Labute approximate surface area is 149 Å². The number of esters is 1. The lowest BCUT2D eigenvalue weighted by atomic mass is 10.1. The third kappa shape index (κ3) is 3.83. The zero-order valence-electron chi connectivity index (χ0n) is 14.2. The largest absolute Gasteiger partial charge is 0.457 e. The topological polar surface area (TPSA) is 90.7 Å². The number of hydrogen-bond acceptors (Lipinski definition) is 6. The normalized spacial score (nSPS) is 11.5. The molecule has 7 heteroatoms. The van der Waals surface area contributed by atoms with Gasteiger partial charge in [-0.25, -0.2) is 18.0 Å². The molecule has 0 aliphatic heterocycles. The maximum absolute atomic E-state index is 12.3. The third-order valence-electron chi connectivity index (χ3n) is 3.84. The number of aryl methyl sites for hydroxylation is 1. The number of benzene rings is 2. The van der Waals surface area contributed by atoms with Crippen molar-refractivity contribution in [3.05, 3.63) is 75.6 Å². The Hall–Kier alpha value is -2.93. The molecule has 134 valence electrons. The first-order chi connectivity index (χ1) is 12.2. The van der Waals surface area contributed by atoms with Crippen molar-refractivity contribution in [2.75, 3.05) is 6.26 Å². The minimum atomic E-state index is -3.43. The van der Waals surface area contributed by atoms with Crippen LogP contribution >= 0.6 is 0 Å². The molecule has 0 saturated carbocycles. The second kappa shape index (κ2) is 6.76. The highest BCUT2D eigenvalue weighted by Crippen LogP contribution is 2.20. The molecule has 3 aromatic rings. The van der Waals surface area contributed by atoms with Gasteiger partial charge in [-0.15, -0.1) is 0 Å². The number of sulfone groups is 1. The number of carbonyl (C=O) groups is 1. The first-order valence-electron chi connectivity index (χ1n) is 7.75. The van der Waals surface area contributed by atoms with E-state index in [9.17, 15) is 18.0 Å². The Morgan fingerprint density at radius 3 is 2.62 bits per heavy atom. The highest BCUT2D eigenvalue weighted by molar-refractivity contribution is 7.90. The summed E-state index contributed by atoms with van der Waals surface area (Å²) in [5.74, 6) is -0.677. The minimum Gasteiger partial charge on any atom is -0.457 e. The van der Waals surface area contributed by atoms with Gasteiger partial charge in [-0.05, 0) is 36.8 Å². The zero-order valence-corrected chi connectivity index (χ0v) is 15.0. The van der Waals surface area contributed by atoms with Gasteiger partial charge in [0.15, 0.2) is 9.84 Å². The van der Waals surface area contributed by atoms with Gasteiger partial charge in [0.1, 0.15) is 12.2 Å². The molecule has 1 aromatic heterocycles. The molecule has 0 amide bonds. The molecule has 3 rings (SSSR count). The van der Waals surface area contributed by atoms with Crippen molar-refractivity contribution >= 4 is 26.8 Å². The molecule has 0 saturated heterocycles. The molecule has 0 fully saturated rings. The van der Waals surface area contributed by atoms with E-state index in [0.717, 1.165) is 11.8 Å². The summed E-state index contributed by atoms with van der Waals surface area (Å²) in [6.07, 6.45) is 1.06. The molecule has 0 aliphatic rings. The van der Waals surface area contributed by atoms with E-state index in [0.29, 0.717) is 16.5 Å². The summed E-state index contributed by atoms with van der Waals surface area (Å²) in [5, 5.41) is 0.674. The maximum Gasteiger partial charge on any atom is 0.338 e. The van der Waals surface area contributed by atoms with Crippen LogP contribution in [0, 0.1) is 6.92 Å². The fraction of sp³-hybridized carbons (Fsp3) is 0.158. The fourth-order valence-corrected chi connectivity index (χ4v) is 3.20. The average molecular weight is 372 g/mol. The molecular formula is C19H16O6S. The highest BCUT2D eigenvalue weighted by atomic mass is 32.2. The van der Waals surface area contributed by atoms with Gasteiger partial charge in [0.05, 0.1) is 10.5 Å². The van der Waals surface area contributed by atoms with Gasteiger partial charge in [0, 0.05) is 23.3 Å². The van der Waals surface area contributed by atoms with Crippen LogP contribution in [0.4, 0.5) is 0 Å². The van der Waals surface area contributed by atoms with E-state index in [2.05, 4.69) is 0 Å². The van der Waals surface area contributed by atoms with Crippen LogP contribution in [-0.4, -0.2) is 20.6 Å². The Kier molecular flexibility index (Phi) is 4.65. The van der Waals surface area contributed by atoms with Crippen molar-refractivity contribution in [1.82, 2.24) is 0 Å². The van der Waals surface area contributed by atoms with Gasteiger partial charge < -0.3 is 9.15 Å². The first-order valence-corrected chi connectivity index (χ1v) is 9.64. The van der Waals surface area contributed by atoms with E-state index in [4.69, 9.17) is 9.15 Å². The summed E-state index contributed by atoms with van der Waals surface area (Å²) in [6.45, 7) is 1.74. The summed E-state index contributed by atoms with van der Waals surface area (Å²) in [5.41, 5.74) is 1.46. The molecule has 0 spiro atoms. The van der Waals surface area contributed by atoms with E-state index >= 15 is 0 Å². The van der Waals surface area contributed by atoms with Crippen LogP contribution in [0.5, 0.6) is 0 Å². The number of fused-ring (bicyclic) bond motifs is 1. The summed E-state index contributed by atoms with van der Waals surface area (Å²) in [7, 11) is -3.43. The maximum atomic E-state index is 12.3. The van der Waals surface area contributed by atoms with Gasteiger partial charge >= 0.3 is 11.6 Å². The van der Waals surface area contributed by atoms with Crippen molar-refractivity contribution in [3.63, 3.8) is 0 Å². The molecular weight excluding hydrogens is 356 g/mol.